The average Bonchev–Trinajstić information content (AvgIpc) is 2.86. The molecule has 1 N–H and O–H groups in total. The summed E-state index contributed by atoms with van der Waals surface area (Å²) in [6.07, 6.45) is 2.78. The molecule has 0 aliphatic rings. The number of nitrogens with zero attached hydrogens (tertiary/aromatic N) is 3. The highest BCUT2D eigenvalue weighted by molar-refractivity contribution is 5.84. The summed E-state index contributed by atoms with van der Waals surface area (Å²) in [4.78, 5) is 14.4. The largest absolute Gasteiger partial charge is 0.476 e. The van der Waals surface area contributed by atoms with Gasteiger partial charge in [0.2, 0.25) is 0 Å². The second-order valence-electron chi connectivity index (χ2n) is 3.66. The smallest absolute Gasteiger partial charge is 0.357 e. The van der Waals surface area contributed by atoms with Crippen LogP contribution in [0.1, 0.15) is 35.9 Å². The number of carbonyl (C=O) groups is 1. The monoisotopic (exact) mass is 221 g/mol. The molecular formula is C10H11N3O3. The number of oxazole rings is 1. The SMILES string of the molecule is CC(C)c1ccn(-c2nc(C(=O)O)co2)n1. The fourth-order valence-corrected chi connectivity index (χ4v) is 1.22. The van der Waals surface area contributed by atoms with Gasteiger partial charge in [-0.05, 0) is 12.0 Å². The van der Waals surface area contributed by atoms with Crippen LogP contribution < -0.4 is 0 Å². The number of aromatic nitrogens is 3. The second kappa shape index (κ2) is 3.80. The van der Waals surface area contributed by atoms with E-state index < -0.39 is 5.97 Å². The molecule has 2 heterocycles. The fourth-order valence-electron chi connectivity index (χ4n) is 1.22. The molecule has 2 aromatic rings. The van der Waals surface area contributed by atoms with Crippen LogP contribution in [0.15, 0.2) is 22.9 Å². The summed E-state index contributed by atoms with van der Waals surface area (Å²) in [6, 6.07) is 2.00. The molecule has 84 valence electrons. The highest BCUT2D eigenvalue weighted by Crippen LogP contribution is 2.13. The van der Waals surface area contributed by atoms with Gasteiger partial charge in [-0.1, -0.05) is 13.8 Å². The van der Waals surface area contributed by atoms with Crippen molar-refractivity contribution in [1.82, 2.24) is 14.8 Å². The van der Waals surface area contributed by atoms with Crippen LogP contribution in [0.2, 0.25) is 0 Å². The third-order valence-corrected chi connectivity index (χ3v) is 2.11. The van der Waals surface area contributed by atoms with Crippen LogP contribution in [0.3, 0.4) is 0 Å². The lowest BCUT2D eigenvalue weighted by atomic mass is 10.1. The Morgan fingerprint density at radius 1 is 1.56 bits per heavy atom. The molecule has 0 atom stereocenters. The van der Waals surface area contributed by atoms with Gasteiger partial charge < -0.3 is 9.52 Å². The van der Waals surface area contributed by atoms with Crippen molar-refractivity contribution in [2.24, 2.45) is 0 Å². The van der Waals surface area contributed by atoms with Crippen LogP contribution in [0.4, 0.5) is 0 Å². The Kier molecular flexibility index (Phi) is 2.47. The lowest BCUT2D eigenvalue weighted by Gasteiger charge is -1.97. The molecule has 16 heavy (non-hydrogen) atoms. The van der Waals surface area contributed by atoms with Gasteiger partial charge in [-0.25, -0.2) is 4.79 Å². The van der Waals surface area contributed by atoms with Gasteiger partial charge in [-0.2, -0.15) is 14.8 Å². The van der Waals surface area contributed by atoms with E-state index in [9.17, 15) is 4.79 Å². The number of hydrogen-bond acceptors (Lipinski definition) is 4. The molecule has 0 unspecified atom stereocenters. The summed E-state index contributed by atoms with van der Waals surface area (Å²) < 4.78 is 6.43. The standard InChI is InChI=1S/C10H11N3O3/c1-6(2)7-3-4-13(12-7)10-11-8(5-16-10)9(14)15/h3-6H,1-2H3,(H,14,15). The van der Waals surface area contributed by atoms with Gasteiger partial charge in [0, 0.05) is 6.20 Å². The lowest BCUT2D eigenvalue weighted by Crippen LogP contribution is -2.00. The van der Waals surface area contributed by atoms with Crippen LogP contribution in [0.25, 0.3) is 6.01 Å². The van der Waals surface area contributed by atoms with E-state index >= 15 is 0 Å². The Balaban J connectivity index is 2.31. The predicted octanol–water partition coefficient (Wildman–Crippen LogP) is 1.68. The molecular weight excluding hydrogens is 210 g/mol. The molecule has 6 heteroatoms. The Labute approximate surface area is 91.5 Å². The second-order valence-corrected chi connectivity index (χ2v) is 3.66. The molecule has 0 spiro atoms. The zero-order chi connectivity index (χ0) is 11.7. The van der Waals surface area contributed by atoms with Crippen molar-refractivity contribution in [3.05, 3.63) is 29.9 Å². The quantitative estimate of drug-likeness (QED) is 0.852. The van der Waals surface area contributed by atoms with Crippen molar-refractivity contribution in [2.45, 2.75) is 19.8 Å². The van der Waals surface area contributed by atoms with E-state index in [4.69, 9.17) is 9.52 Å². The number of carboxylic acids is 1. The molecule has 0 radical (unpaired) electrons. The zero-order valence-electron chi connectivity index (χ0n) is 8.91. The molecule has 0 saturated carbocycles. The highest BCUT2D eigenvalue weighted by atomic mass is 16.4. The van der Waals surface area contributed by atoms with Gasteiger partial charge in [0.25, 0.3) is 0 Å². The highest BCUT2D eigenvalue weighted by Gasteiger charge is 2.13. The van der Waals surface area contributed by atoms with Crippen LogP contribution >= 0.6 is 0 Å². The predicted molar refractivity (Wildman–Crippen MR) is 54.7 cm³/mol. The van der Waals surface area contributed by atoms with E-state index in [0.29, 0.717) is 5.92 Å². The van der Waals surface area contributed by atoms with E-state index in [1.807, 2.05) is 19.9 Å². The first-order valence-electron chi connectivity index (χ1n) is 4.82. The third-order valence-electron chi connectivity index (χ3n) is 2.11. The Hall–Kier alpha value is -2.11. The normalized spacial score (nSPS) is 10.9. The van der Waals surface area contributed by atoms with Gasteiger partial charge >= 0.3 is 12.0 Å². The van der Waals surface area contributed by atoms with Crippen LogP contribution in [-0.2, 0) is 0 Å². The average molecular weight is 221 g/mol. The lowest BCUT2D eigenvalue weighted by molar-refractivity contribution is 0.0690. The molecule has 0 aliphatic heterocycles. The van der Waals surface area contributed by atoms with Crippen molar-refractivity contribution in [3.63, 3.8) is 0 Å². The summed E-state index contributed by atoms with van der Waals surface area (Å²) in [5.74, 6) is -0.818. The minimum absolute atomic E-state index is 0.128. The maximum absolute atomic E-state index is 10.6. The van der Waals surface area contributed by atoms with Crippen molar-refractivity contribution in [3.8, 4) is 6.01 Å². The number of hydrogen-bond donors (Lipinski definition) is 1. The summed E-state index contributed by atoms with van der Waals surface area (Å²) >= 11 is 0. The van der Waals surface area contributed by atoms with Crippen molar-refractivity contribution >= 4 is 5.97 Å². The summed E-state index contributed by atoms with van der Waals surface area (Å²) in [6.45, 7) is 4.04. The van der Waals surface area contributed by atoms with Crippen molar-refractivity contribution in [1.29, 1.82) is 0 Å². The van der Waals surface area contributed by atoms with Gasteiger partial charge in [-0.3, -0.25) is 0 Å². The molecule has 0 aliphatic carbocycles. The third kappa shape index (κ3) is 1.81. The first kappa shape index (κ1) is 10.4. The van der Waals surface area contributed by atoms with Crippen LogP contribution in [-0.4, -0.2) is 25.8 Å². The van der Waals surface area contributed by atoms with Crippen LogP contribution in [0.5, 0.6) is 0 Å². The van der Waals surface area contributed by atoms with Gasteiger partial charge in [0.15, 0.2) is 5.69 Å². The van der Waals surface area contributed by atoms with E-state index in [-0.39, 0.29) is 11.7 Å². The molecule has 0 bridgehead atoms. The Morgan fingerprint density at radius 2 is 2.31 bits per heavy atom. The maximum Gasteiger partial charge on any atom is 0.357 e. The number of carboxylic acid groups (broad SMARTS) is 1. The van der Waals surface area contributed by atoms with Gasteiger partial charge in [-0.15, -0.1) is 0 Å². The summed E-state index contributed by atoms with van der Waals surface area (Å²) in [7, 11) is 0. The topological polar surface area (TPSA) is 81.2 Å². The van der Waals surface area contributed by atoms with Gasteiger partial charge in [0.05, 0.1) is 5.69 Å². The maximum atomic E-state index is 10.6. The van der Waals surface area contributed by atoms with E-state index in [0.717, 1.165) is 12.0 Å². The first-order chi connectivity index (χ1) is 7.58. The molecule has 0 fully saturated rings. The summed E-state index contributed by atoms with van der Waals surface area (Å²) in [5.41, 5.74) is 0.770. The fraction of sp³-hybridized carbons (Fsp3) is 0.300. The Morgan fingerprint density at radius 3 is 2.81 bits per heavy atom. The first-order valence-corrected chi connectivity index (χ1v) is 4.82. The van der Waals surface area contributed by atoms with Crippen LogP contribution in [0, 0.1) is 0 Å². The molecule has 6 nitrogen and oxygen atoms in total. The zero-order valence-corrected chi connectivity index (χ0v) is 8.91. The van der Waals surface area contributed by atoms with E-state index in [2.05, 4.69) is 10.1 Å². The molecule has 2 rings (SSSR count). The Bertz CT molecular complexity index is 513. The number of rotatable bonds is 3. The molecule has 2 aromatic heterocycles. The number of aromatic carboxylic acids is 1. The molecule has 0 saturated heterocycles. The summed E-state index contributed by atoms with van der Waals surface area (Å²) in [5, 5.41) is 12.9. The van der Waals surface area contributed by atoms with E-state index in [1.54, 1.807) is 6.20 Å². The van der Waals surface area contributed by atoms with Crippen molar-refractivity contribution in [2.75, 3.05) is 0 Å². The minimum atomic E-state index is -1.12. The van der Waals surface area contributed by atoms with Gasteiger partial charge in [0.1, 0.15) is 6.26 Å². The minimum Gasteiger partial charge on any atom is -0.476 e. The van der Waals surface area contributed by atoms with E-state index in [1.165, 1.54) is 4.68 Å². The van der Waals surface area contributed by atoms with Crippen molar-refractivity contribution < 1.29 is 14.3 Å². The molecule has 0 amide bonds. The molecule has 0 aromatic carbocycles.